The number of alkyl halides is 18. The third-order valence-electron chi connectivity index (χ3n) is 4.24. The third-order valence-corrected chi connectivity index (χ3v) is 4.24. The van der Waals surface area contributed by atoms with Crippen LogP contribution in [0.3, 0.4) is 0 Å². The van der Waals surface area contributed by atoms with Gasteiger partial charge in [-0.25, -0.2) is 8.78 Å². The van der Waals surface area contributed by atoms with Crippen LogP contribution >= 0.6 is 0 Å². The van der Waals surface area contributed by atoms with Crippen molar-refractivity contribution in [3.63, 3.8) is 0 Å². The molecule has 0 aliphatic rings. The van der Waals surface area contributed by atoms with E-state index in [0.29, 0.717) is 0 Å². The molecule has 0 aromatic rings. The van der Waals surface area contributed by atoms with E-state index in [-0.39, 0.29) is 0 Å². The van der Waals surface area contributed by atoms with Crippen molar-refractivity contribution in [2.24, 2.45) is 0 Å². The Kier molecular flexibility index (Phi) is 8.49. The standard InChI is InChI=1S/C15H9F18O/c1-6(5-34)3-2-4-8(18,19)10(22,23)12(26,27)14(30,31)15(32,33)13(28,29)11(24,25)9(20,21)7(16)17/h7H,1-4H2. The minimum absolute atomic E-state index is 0.760. The number of hydrogen-bond acceptors (Lipinski definition) is 1. The normalized spacial score (nSPS) is 15.6. The van der Waals surface area contributed by atoms with Gasteiger partial charge in [-0.15, -0.1) is 0 Å². The first-order chi connectivity index (χ1) is 14.6. The second kappa shape index (κ2) is 8.98. The van der Waals surface area contributed by atoms with Crippen LogP contribution in [-0.2, 0) is 4.79 Å². The van der Waals surface area contributed by atoms with Gasteiger partial charge < -0.3 is 0 Å². The zero-order valence-corrected chi connectivity index (χ0v) is 15.6. The highest BCUT2D eigenvalue weighted by Gasteiger charge is 2.95. The quantitative estimate of drug-likeness (QED) is 0.177. The van der Waals surface area contributed by atoms with Crippen LogP contribution < -0.4 is 0 Å². The van der Waals surface area contributed by atoms with Crippen LogP contribution in [0.1, 0.15) is 19.3 Å². The van der Waals surface area contributed by atoms with Gasteiger partial charge >= 0.3 is 53.8 Å². The van der Waals surface area contributed by atoms with Crippen molar-refractivity contribution in [3.05, 3.63) is 12.2 Å². The summed E-state index contributed by atoms with van der Waals surface area (Å²) < 4.78 is 237. The molecule has 0 saturated heterocycles. The average Bonchev–Trinajstić information content (AvgIpc) is 2.66. The molecule has 19 heteroatoms. The zero-order chi connectivity index (χ0) is 28.0. The summed E-state index contributed by atoms with van der Waals surface area (Å²) in [6.45, 7) is 2.77. The van der Waals surface area contributed by atoms with Gasteiger partial charge in [0, 0.05) is 6.42 Å². The molecule has 0 N–H and O–H groups in total. The lowest BCUT2D eigenvalue weighted by Gasteiger charge is -2.43. The first-order valence-electron chi connectivity index (χ1n) is 8.01. The van der Waals surface area contributed by atoms with Gasteiger partial charge in [0.25, 0.3) is 0 Å². The molecule has 0 amide bonds. The van der Waals surface area contributed by atoms with Gasteiger partial charge in [-0.2, -0.15) is 70.2 Å². The van der Waals surface area contributed by atoms with Crippen molar-refractivity contribution in [2.75, 3.05) is 0 Å². The van der Waals surface area contributed by atoms with E-state index < -0.39 is 78.6 Å². The molecule has 0 rings (SSSR count). The molecule has 0 aliphatic heterocycles. The number of carbonyl (C=O) groups excluding carboxylic acids is 1. The molecule has 0 aromatic carbocycles. The summed E-state index contributed by atoms with van der Waals surface area (Å²) in [5.74, 6) is -64.6. The number of halogens is 18. The average molecular weight is 547 g/mol. The first-order valence-corrected chi connectivity index (χ1v) is 8.01. The molecular formula is C15H9F18O. The summed E-state index contributed by atoms with van der Waals surface area (Å²) in [4.78, 5) is 10.1. The molecule has 1 radical (unpaired) electrons. The lowest BCUT2D eigenvalue weighted by Crippen LogP contribution is -2.75. The van der Waals surface area contributed by atoms with Crippen molar-refractivity contribution < 1.29 is 83.8 Å². The Bertz CT molecular complexity index is 752. The highest BCUT2D eigenvalue weighted by atomic mass is 19.4. The molecule has 201 valence electrons. The minimum Gasteiger partial charge on any atom is -0.285 e. The first kappa shape index (κ1) is 32.1. The van der Waals surface area contributed by atoms with E-state index in [2.05, 4.69) is 6.58 Å². The van der Waals surface area contributed by atoms with Crippen LogP contribution in [0.5, 0.6) is 0 Å². The third kappa shape index (κ3) is 4.42. The van der Waals surface area contributed by atoms with Gasteiger partial charge in [0.05, 0.1) is 0 Å². The minimum atomic E-state index is -8.74. The summed E-state index contributed by atoms with van der Waals surface area (Å²) in [5, 5.41) is 0. The van der Waals surface area contributed by atoms with Crippen molar-refractivity contribution >= 4 is 6.29 Å². The van der Waals surface area contributed by atoms with E-state index >= 15 is 0 Å². The zero-order valence-electron chi connectivity index (χ0n) is 15.6. The predicted molar refractivity (Wildman–Crippen MR) is 74.3 cm³/mol. The molecule has 0 aliphatic carbocycles. The SMILES string of the molecule is C=C([C]=O)CCCC(F)(F)C(F)(F)C(F)(F)C(F)(F)C(F)(F)C(F)(F)C(F)(F)C(F)(F)C(F)F. The van der Waals surface area contributed by atoms with Crippen LogP contribution in [0.2, 0.25) is 0 Å². The maximum atomic E-state index is 13.5. The number of hydrogen-bond donors (Lipinski definition) is 0. The van der Waals surface area contributed by atoms with E-state index in [4.69, 9.17) is 0 Å². The van der Waals surface area contributed by atoms with Gasteiger partial charge in [-0.1, -0.05) is 6.58 Å². The van der Waals surface area contributed by atoms with Gasteiger partial charge in [-0.3, -0.25) is 4.79 Å². The van der Waals surface area contributed by atoms with Gasteiger partial charge in [0.1, 0.15) is 0 Å². The number of allylic oxidation sites excluding steroid dienone is 1. The summed E-state index contributed by atoms with van der Waals surface area (Å²) in [6, 6.07) is 0. The van der Waals surface area contributed by atoms with Gasteiger partial charge in [-0.05, 0) is 18.4 Å². The lowest BCUT2D eigenvalue weighted by molar-refractivity contribution is -0.457. The maximum absolute atomic E-state index is 13.5. The molecule has 34 heavy (non-hydrogen) atoms. The molecule has 0 unspecified atom stereocenters. The Hall–Kier alpha value is -1.85. The lowest BCUT2D eigenvalue weighted by atomic mass is 9.86. The molecule has 0 aromatic heterocycles. The second-order valence-electron chi connectivity index (χ2n) is 6.63. The summed E-state index contributed by atoms with van der Waals surface area (Å²) >= 11 is 0. The maximum Gasteiger partial charge on any atom is 0.385 e. The van der Waals surface area contributed by atoms with E-state index in [9.17, 15) is 83.8 Å². The summed E-state index contributed by atoms with van der Waals surface area (Å²) in [7, 11) is 0. The Morgan fingerprint density at radius 3 is 1.26 bits per heavy atom. The van der Waals surface area contributed by atoms with Crippen molar-refractivity contribution in [1.29, 1.82) is 0 Å². The van der Waals surface area contributed by atoms with Crippen molar-refractivity contribution in [2.45, 2.75) is 73.1 Å². The molecule has 0 saturated carbocycles. The largest absolute Gasteiger partial charge is 0.385 e. The number of rotatable bonds is 13. The Balaban J connectivity index is 6.54. The highest BCUT2D eigenvalue weighted by Crippen LogP contribution is 2.64. The molecule has 0 atom stereocenters. The molecule has 0 fully saturated rings. The fourth-order valence-corrected chi connectivity index (χ4v) is 2.10. The van der Waals surface area contributed by atoms with E-state index in [1.165, 1.54) is 0 Å². The predicted octanol–water partition coefficient (Wildman–Crippen LogP) is 7.17. The monoisotopic (exact) mass is 547 g/mol. The second-order valence-corrected chi connectivity index (χ2v) is 6.63. The summed E-state index contributed by atoms with van der Waals surface area (Å²) in [5.41, 5.74) is -0.760. The highest BCUT2D eigenvalue weighted by molar-refractivity contribution is 5.72. The summed E-state index contributed by atoms with van der Waals surface area (Å²) in [6.07, 6.45) is -10.2. The van der Waals surface area contributed by atoms with Crippen molar-refractivity contribution in [3.8, 4) is 0 Å². The Morgan fingerprint density at radius 2 is 0.941 bits per heavy atom. The molecule has 1 nitrogen and oxygen atoms in total. The van der Waals surface area contributed by atoms with Crippen molar-refractivity contribution in [1.82, 2.24) is 0 Å². The van der Waals surface area contributed by atoms with Crippen LogP contribution in [0.15, 0.2) is 12.2 Å². The van der Waals surface area contributed by atoms with Crippen LogP contribution in [0.25, 0.3) is 0 Å². The van der Waals surface area contributed by atoms with Crippen LogP contribution in [0, 0.1) is 0 Å². The fraction of sp³-hybridized carbons (Fsp3) is 0.800. The van der Waals surface area contributed by atoms with E-state index in [1.54, 1.807) is 0 Å². The van der Waals surface area contributed by atoms with Gasteiger partial charge in [0.15, 0.2) is 0 Å². The molecule has 0 heterocycles. The topological polar surface area (TPSA) is 17.1 Å². The molecule has 0 bridgehead atoms. The molecule has 0 spiro atoms. The Labute approximate surface area is 176 Å². The van der Waals surface area contributed by atoms with Gasteiger partial charge in [0.2, 0.25) is 6.29 Å². The van der Waals surface area contributed by atoms with Crippen LogP contribution in [0.4, 0.5) is 79.0 Å². The smallest absolute Gasteiger partial charge is 0.285 e. The Morgan fingerprint density at radius 1 is 0.618 bits per heavy atom. The van der Waals surface area contributed by atoms with E-state index in [1.807, 2.05) is 0 Å². The van der Waals surface area contributed by atoms with Crippen LogP contribution in [-0.4, -0.2) is 60.1 Å². The van der Waals surface area contributed by atoms with E-state index in [0.717, 1.165) is 6.29 Å². The fourth-order valence-electron chi connectivity index (χ4n) is 2.10. The molecular weight excluding hydrogens is 538 g/mol.